The van der Waals surface area contributed by atoms with E-state index < -0.39 is 0 Å². The van der Waals surface area contributed by atoms with Crippen LogP contribution in [0.1, 0.15) is 11.5 Å². The number of benzene rings is 2. The van der Waals surface area contributed by atoms with Gasteiger partial charge in [-0.2, -0.15) is 4.98 Å². The number of ether oxygens (including phenoxy) is 4. The predicted molar refractivity (Wildman–Crippen MR) is 101 cm³/mol. The minimum atomic E-state index is 0.384. The SMILES string of the molecule is COc1ccc(C=Cc2nc(-c3ccc(OC)c(OC)c3)no2)cc1OC. The van der Waals surface area contributed by atoms with E-state index in [0.29, 0.717) is 34.7 Å². The third kappa shape index (κ3) is 4.03. The molecule has 0 saturated heterocycles. The van der Waals surface area contributed by atoms with E-state index >= 15 is 0 Å². The molecule has 0 N–H and O–H groups in total. The van der Waals surface area contributed by atoms with Gasteiger partial charge in [0.2, 0.25) is 5.82 Å². The van der Waals surface area contributed by atoms with Gasteiger partial charge < -0.3 is 23.5 Å². The monoisotopic (exact) mass is 368 g/mol. The zero-order chi connectivity index (χ0) is 19.2. The molecule has 1 aromatic heterocycles. The number of aromatic nitrogens is 2. The first-order valence-corrected chi connectivity index (χ1v) is 8.14. The fourth-order valence-electron chi connectivity index (χ4n) is 2.52. The molecule has 0 aliphatic rings. The molecule has 0 aliphatic heterocycles. The zero-order valence-corrected chi connectivity index (χ0v) is 15.6. The van der Waals surface area contributed by atoms with E-state index in [1.807, 2.05) is 30.3 Å². The topological polar surface area (TPSA) is 75.8 Å². The third-order valence-corrected chi connectivity index (χ3v) is 3.91. The molecular weight excluding hydrogens is 348 g/mol. The van der Waals surface area contributed by atoms with Gasteiger partial charge in [0.25, 0.3) is 5.89 Å². The first-order valence-electron chi connectivity index (χ1n) is 8.14. The van der Waals surface area contributed by atoms with Gasteiger partial charge in [-0.15, -0.1) is 0 Å². The van der Waals surface area contributed by atoms with Crippen molar-refractivity contribution in [2.45, 2.75) is 0 Å². The van der Waals surface area contributed by atoms with Crippen molar-refractivity contribution in [2.24, 2.45) is 0 Å². The normalized spacial score (nSPS) is 10.8. The molecule has 27 heavy (non-hydrogen) atoms. The van der Waals surface area contributed by atoms with Gasteiger partial charge in [-0.1, -0.05) is 11.2 Å². The summed E-state index contributed by atoms with van der Waals surface area (Å²) in [5.41, 5.74) is 1.68. The summed E-state index contributed by atoms with van der Waals surface area (Å²) in [5.74, 6) is 3.40. The Hall–Kier alpha value is -3.48. The Morgan fingerprint density at radius 1 is 0.741 bits per heavy atom. The van der Waals surface area contributed by atoms with E-state index in [4.69, 9.17) is 23.5 Å². The van der Waals surface area contributed by atoms with Crippen LogP contribution in [0.2, 0.25) is 0 Å². The fourth-order valence-corrected chi connectivity index (χ4v) is 2.52. The Morgan fingerprint density at radius 3 is 2.04 bits per heavy atom. The highest BCUT2D eigenvalue weighted by atomic mass is 16.5. The molecule has 0 saturated carbocycles. The molecule has 2 aromatic carbocycles. The number of nitrogens with zero attached hydrogens (tertiary/aromatic N) is 2. The molecule has 0 atom stereocenters. The maximum Gasteiger partial charge on any atom is 0.250 e. The lowest BCUT2D eigenvalue weighted by atomic mass is 10.2. The van der Waals surface area contributed by atoms with Crippen LogP contribution in [0.3, 0.4) is 0 Å². The van der Waals surface area contributed by atoms with Gasteiger partial charge >= 0.3 is 0 Å². The second-order valence-corrected chi connectivity index (χ2v) is 5.47. The van der Waals surface area contributed by atoms with Gasteiger partial charge in [0.1, 0.15) is 0 Å². The number of hydrogen-bond donors (Lipinski definition) is 0. The molecule has 0 amide bonds. The molecule has 140 valence electrons. The van der Waals surface area contributed by atoms with Gasteiger partial charge in [-0.05, 0) is 42.0 Å². The van der Waals surface area contributed by atoms with Crippen LogP contribution >= 0.6 is 0 Å². The van der Waals surface area contributed by atoms with E-state index in [-0.39, 0.29) is 0 Å². The fraction of sp³-hybridized carbons (Fsp3) is 0.200. The molecule has 3 rings (SSSR count). The molecule has 0 radical (unpaired) electrons. The first-order chi connectivity index (χ1) is 13.2. The van der Waals surface area contributed by atoms with Crippen molar-refractivity contribution in [3.8, 4) is 34.4 Å². The van der Waals surface area contributed by atoms with Crippen LogP contribution in [0.15, 0.2) is 40.9 Å². The van der Waals surface area contributed by atoms with Crippen LogP contribution < -0.4 is 18.9 Å². The minimum absolute atomic E-state index is 0.384. The Bertz CT molecular complexity index is 949. The maximum atomic E-state index is 5.30. The van der Waals surface area contributed by atoms with E-state index in [1.165, 1.54) is 0 Å². The van der Waals surface area contributed by atoms with Crippen LogP contribution in [0.4, 0.5) is 0 Å². The molecule has 0 bridgehead atoms. The highest BCUT2D eigenvalue weighted by Crippen LogP contribution is 2.31. The average molecular weight is 368 g/mol. The maximum absolute atomic E-state index is 5.30. The molecule has 3 aromatic rings. The second kappa shape index (κ2) is 8.27. The largest absolute Gasteiger partial charge is 0.493 e. The predicted octanol–water partition coefficient (Wildman–Crippen LogP) is 3.94. The molecule has 1 heterocycles. The van der Waals surface area contributed by atoms with Crippen molar-refractivity contribution in [1.29, 1.82) is 0 Å². The van der Waals surface area contributed by atoms with E-state index in [9.17, 15) is 0 Å². The molecule has 0 spiro atoms. The quantitative estimate of drug-likeness (QED) is 0.625. The van der Waals surface area contributed by atoms with Gasteiger partial charge in [0.05, 0.1) is 28.4 Å². The Balaban J connectivity index is 1.81. The van der Waals surface area contributed by atoms with Crippen molar-refractivity contribution in [1.82, 2.24) is 10.1 Å². The molecule has 0 fully saturated rings. The standard InChI is InChI=1S/C20H20N2O5/c1-23-15-8-5-13(11-17(15)25-3)6-10-19-21-20(22-27-19)14-7-9-16(24-2)18(12-14)26-4/h5-12H,1-4H3. The summed E-state index contributed by atoms with van der Waals surface area (Å²) in [4.78, 5) is 4.39. The van der Waals surface area contributed by atoms with Crippen LogP contribution in [0, 0.1) is 0 Å². The van der Waals surface area contributed by atoms with Crippen LogP contribution in [-0.4, -0.2) is 38.6 Å². The lowest BCUT2D eigenvalue weighted by Gasteiger charge is -2.07. The summed E-state index contributed by atoms with van der Waals surface area (Å²) < 4.78 is 26.4. The lowest BCUT2D eigenvalue weighted by molar-refractivity contribution is 0.355. The summed E-state index contributed by atoms with van der Waals surface area (Å²) >= 11 is 0. The number of methoxy groups -OCH3 is 4. The van der Waals surface area contributed by atoms with E-state index in [0.717, 1.165) is 11.1 Å². The van der Waals surface area contributed by atoms with Crippen LogP contribution in [0.25, 0.3) is 23.5 Å². The summed E-state index contributed by atoms with van der Waals surface area (Å²) in [5, 5.41) is 4.01. The molecule has 7 nitrogen and oxygen atoms in total. The summed E-state index contributed by atoms with van der Waals surface area (Å²) in [7, 11) is 6.36. The summed E-state index contributed by atoms with van der Waals surface area (Å²) in [6, 6.07) is 11.0. The van der Waals surface area contributed by atoms with Gasteiger partial charge in [-0.3, -0.25) is 0 Å². The van der Waals surface area contributed by atoms with Crippen LogP contribution in [0.5, 0.6) is 23.0 Å². The molecular formula is C20H20N2O5. The van der Waals surface area contributed by atoms with Crippen molar-refractivity contribution < 1.29 is 23.5 Å². The van der Waals surface area contributed by atoms with Crippen molar-refractivity contribution in [3.05, 3.63) is 47.9 Å². The van der Waals surface area contributed by atoms with Gasteiger partial charge in [0.15, 0.2) is 23.0 Å². The molecule has 7 heteroatoms. The van der Waals surface area contributed by atoms with Crippen molar-refractivity contribution in [2.75, 3.05) is 28.4 Å². The highest BCUT2D eigenvalue weighted by Gasteiger charge is 2.11. The Kier molecular flexibility index (Phi) is 5.61. The van der Waals surface area contributed by atoms with E-state index in [1.54, 1.807) is 46.6 Å². The number of rotatable bonds is 7. The van der Waals surface area contributed by atoms with Crippen molar-refractivity contribution in [3.63, 3.8) is 0 Å². The second-order valence-electron chi connectivity index (χ2n) is 5.47. The van der Waals surface area contributed by atoms with Gasteiger partial charge in [0, 0.05) is 11.6 Å². The summed E-state index contributed by atoms with van der Waals surface area (Å²) in [6.45, 7) is 0. The molecule has 0 aliphatic carbocycles. The van der Waals surface area contributed by atoms with Gasteiger partial charge in [-0.25, -0.2) is 0 Å². The minimum Gasteiger partial charge on any atom is -0.493 e. The van der Waals surface area contributed by atoms with Crippen molar-refractivity contribution >= 4 is 12.2 Å². The summed E-state index contributed by atoms with van der Waals surface area (Å²) in [6.07, 6.45) is 3.59. The first kappa shape index (κ1) is 18.3. The third-order valence-electron chi connectivity index (χ3n) is 3.91. The average Bonchev–Trinajstić information content (AvgIpc) is 3.20. The lowest BCUT2D eigenvalue weighted by Crippen LogP contribution is -1.91. The highest BCUT2D eigenvalue weighted by molar-refractivity contribution is 5.69. The zero-order valence-electron chi connectivity index (χ0n) is 15.6. The Labute approximate surface area is 157 Å². The number of hydrogen-bond acceptors (Lipinski definition) is 7. The Morgan fingerprint density at radius 2 is 1.37 bits per heavy atom. The smallest absolute Gasteiger partial charge is 0.250 e. The van der Waals surface area contributed by atoms with Crippen LogP contribution in [-0.2, 0) is 0 Å². The molecule has 0 unspecified atom stereocenters. The van der Waals surface area contributed by atoms with E-state index in [2.05, 4.69) is 10.1 Å².